The molecule has 30 heavy (non-hydrogen) atoms. The summed E-state index contributed by atoms with van der Waals surface area (Å²) < 4.78 is 50.5. The zero-order chi connectivity index (χ0) is 22.1. The first kappa shape index (κ1) is 21.0. The maximum absolute atomic E-state index is 13.4. The molecule has 0 spiro atoms. The number of allylic oxidation sites excluding steroid dienone is 2. The predicted molar refractivity (Wildman–Crippen MR) is 97.8 cm³/mol. The number of rotatable bonds is 5. The van der Waals surface area contributed by atoms with Crippen molar-refractivity contribution >= 4 is 11.3 Å². The Morgan fingerprint density at radius 2 is 2.00 bits per heavy atom. The summed E-state index contributed by atoms with van der Waals surface area (Å²) in [5.74, 6) is -0.347. The van der Waals surface area contributed by atoms with Crippen molar-refractivity contribution in [2.24, 2.45) is 0 Å². The minimum atomic E-state index is -4.80. The first-order valence-corrected chi connectivity index (χ1v) is 8.34. The van der Waals surface area contributed by atoms with Crippen LogP contribution in [-0.4, -0.2) is 51.6 Å². The van der Waals surface area contributed by atoms with Crippen molar-refractivity contribution in [2.75, 3.05) is 14.2 Å². The van der Waals surface area contributed by atoms with Gasteiger partial charge in [0.05, 0.1) is 24.8 Å². The van der Waals surface area contributed by atoms with Crippen LogP contribution < -0.4 is 9.47 Å². The van der Waals surface area contributed by atoms with Crippen LogP contribution in [0.4, 0.5) is 18.9 Å². The van der Waals surface area contributed by atoms with Crippen molar-refractivity contribution in [1.82, 2.24) is 15.0 Å². The van der Waals surface area contributed by atoms with E-state index < -0.39 is 22.8 Å². The summed E-state index contributed by atoms with van der Waals surface area (Å²) in [7, 11) is 2.54. The van der Waals surface area contributed by atoms with Crippen LogP contribution in [0.5, 0.6) is 11.5 Å². The lowest BCUT2D eigenvalue weighted by Gasteiger charge is -2.30. The lowest BCUT2D eigenvalue weighted by atomic mass is 10.0. The normalized spacial score (nSPS) is 16.3. The molecule has 0 saturated carbocycles. The Morgan fingerprint density at radius 1 is 1.27 bits per heavy atom. The van der Waals surface area contributed by atoms with Crippen molar-refractivity contribution in [1.29, 1.82) is 0 Å². The van der Waals surface area contributed by atoms with Crippen molar-refractivity contribution < 1.29 is 32.8 Å². The first-order valence-electron chi connectivity index (χ1n) is 8.34. The number of hydrogen-bond donors (Lipinski definition) is 1. The average Bonchev–Trinajstić information content (AvgIpc) is 2.71. The van der Waals surface area contributed by atoms with Gasteiger partial charge in [-0.25, -0.2) is 15.0 Å². The molecule has 12 heteroatoms. The van der Waals surface area contributed by atoms with E-state index in [9.17, 15) is 28.5 Å². The van der Waals surface area contributed by atoms with Crippen molar-refractivity contribution in [2.45, 2.75) is 12.2 Å². The van der Waals surface area contributed by atoms with Crippen LogP contribution in [0, 0.1) is 10.1 Å². The fraction of sp³-hybridized carbons (Fsp3) is 0.222. The number of methoxy groups -OCH3 is 2. The molecule has 0 amide bonds. The fourth-order valence-corrected chi connectivity index (χ4v) is 2.96. The van der Waals surface area contributed by atoms with E-state index >= 15 is 0 Å². The van der Waals surface area contributed by atoms with E-state index in [-0.39, 0.29) is 39.2 Å². The molecule has 1 N–H and O–H groups in total. The van der Waals surface area contributed by atoms with E-state index in [1.165, 1.54) is 44.7 Å². The molecule has 1 aliphatic rings. The SMILES string of the molecule is COc1cc(-c2ccnc(C3=CC=CN(O)C3C(F)(F)F)n2)cc([N+](=O)[O-])c1OC. The van der Waals surface area contributed by atoms with Crippen LogP contribution in [0.3, 0.4) is 0 Å². The summed E-state index contributed by atoms with van der Waals surface area (Å²) in [6.45, 7) is 0. The fourth-order valence-electron chi connectivity index (χ4n) is 2.96. The number of aromatic nitrogens is 2. The molecule has 3 rings (SSSR count). The molecule has 0 aliphatic carbocycles. The minimum absolute atomic E-state index is 0.0205. The summed E-state index contributed by atoms with van der Waals surface area (Å²) in [5.41, 5.74) is -0.463. The second-order valence-electron chi connectivity index (χ2n) is 6.04. The van der Waals surface area contributed by atoms with E-state index in [0.717, 1.165) is 12.3 Å². The Bertz CT molecular complexity index is 1040. The van der Waals surface area contributed by atoms with Gasteiger partial charge in [-0.1, -0.05) is 6.08 Å². The number of nitrogens with zero attached hydrogens (tertiary/aromatic N) is 4. The van der Waals surface area contributed by atoms with Crippen molar-refractivity contribution in [3.63, 3.8) is 0 Å². The Hall–Kier alpha value is -3.67. The second kappa shape index (κ2) is 7.99. The molecule has 0 radical (unpaired) electrons. The Morgan fingerprint density at radius 3 is 2.60 bits per heavy atom. The number of nitro benzene ring substituents is 1. The lowest BCUT2D eigenvalue weighted by molar-refractivity contribution is -0.385. The van der Waals surface area contributed by atoms with Crippen LogP contribution in [0.25, 0.3) is 16.8 Å². The smallest absolute Gasteiger partial charge is 0.415 e. The van der Waals surface area contributed by atoms with Crippen LogP contribution in [0.15, 0.2) is 42.7 Å². The van der Waals surface area contributed by atoms with E-state index in [1.807, 2.05) is 0 Å². The number of nitro groups is 1. The van der Waals surface area contributed by atoms with Gasteiger partial charge in [-0.05, 0) is 18.2 Å². The molecule has 0 fully saturated rings. The Labute approximate surface area is 167 Å². The van der Waals surface area contributed by atoms with Gasteiger partial charge in [-0.3, -0.25) is 15.3 Å². The van der Waals surface area contributed by atoms with Gasteiger partial charge in [0, 0.05) is 29.6 Å². The molecule has 1 atom stereocenters. The highest BCUT2D eigenvalue weighted by Crippen LogP contribution is 2.41. The van der Waals surface area contributed by atoms with Gasteiger partial charge < -0.3 is 9.47 Å². The second-order valence-corrected chi connectivity index (χ2v) is 6.04. The number of hydroxylamine groups is 2. The van der Waals surface area contributed by atoms with Crippen LogP contribution >= 0.6 is 0 Å². The van der Waals surface area contributed by atoms with Gasteiger partial charge in [0.15, 0.2) is 17.6 Å². The Balaban J connectivity index is 2.13. The number of hydrogen-bond acceptors (Lipinski definition) is 8. The van der Waals surface area contributed by atoms with E-state index in [0.29, 0.717) is 0 Å². The maximum atomic E-state index is 13.4. The zero-order valence-electron chi connectivity index (χ0n) is 15.6. The number of halogens is 3. The first-order chi connectivity index (χ1) is 14.2. The van der Waals surface area contributed by atoms with E-state index in [4.69, 9.17) is 9.47 Å². The van der Waals surface area contributed by atoms with Gasteiger partial charge in [0.1, 0.15) is 0 Å². The van der Waals surface area contributed by atoms with Crippen LogP contribution in [-0.2, 0) is 0 Å². The third kappa shape index (κ3) is 3.89. The van der Waals surface area contributed by atoms with Crippen molar-refractivity contribution in [3.05, 3.63) is 58.7 Å². The molecule has 2 heterocycles. The average molecular weight is 424 g/mol. The predicted octanol–water partition coefficient (Wildman–Crippen LogP) is 3.60. The highest BCUT2D eigenvalue weighted by molar-refractivity contribution is 5.73. The molecule has 1 aromatic heterocycles. The molecular formula is C18H15F3N4O5. The minimum Gasteiger partial charge on any atom is -0.493 e. The third-order valence-electron chi connectivity index (χ3n) is 4.25. The van der Waals surface area contributed by atoms with Gasteiger partial charge in [0.25, 0.3) is 0 Å². The van der Waals surface area contributed by atoms with Crippen LogP contribution in [0.1, 0.15) is 5.82 Å². The van der Waals surface area contributed by atoms with E-state index in [1.54, 1.807) is 0 Å². The van der Waals surface area contributed by atoms with Gasteiger partial charge >= 0.3 is 11.9 Å². The van der Waals surface area contributed by atoms with Gasteiger partial charge in [-0.2, -0.15) is 13.2 Å². The maximum Gasteiger partial charge on any atom is 0.415 e. The molecule has 1 unspecified atom stereocenters. The molecule has 9 nitrogen and oxygen atoms in total. The highest BCUT2D eigenvalue weighted by Gasteiger charge is 2.47. The Kier molecular flexibility index (Phi) is 5.60. The summed E-state index contributed by atoms with van der Waals surface area (Å²) in [4.78, 5) is 18.7. The molecule has 0 bridgehead atoms. The molecular weight excluding hydrogens is 409 g/mol. The van der Waals surface area contributed by atoms with E-state index in [2.05, 4.69) is 9.97 Å². The van der Waals surface area contributed by atoms with Gasteiger partial charge in [-0.15, -0.1) is 0 Å². The molecule has 0 saturated heterocycles. The van der Waals surface area contributed by atoms with Crippen LogP contribution in [0.2, 0.25) is 0 Å². The topological polar surface area (TPSA) is 111 Å². The standard InChI is InChI=1S/C18H15F3N4O5/c1-29-14-9-10(8-13(25(27)28)15(14)30-2)12-5-6-22-17(23-12)11-4-3-7-24(26)16(11)18(19,20)21/h3-9,16,26H,1-2H3. The lowest BCUT2D eigenvalue weighted by Crippen LogP contribution is -2.43. The number of ether oxygens (including phenoxy) is 2. The summed E-state index contributed by atoms with van der Waals surface area (Å²) >= 11 is 0. The molecule has 1 aliphatic heterocycles. The number of benzene rings is 1. The monoisotopic (exact) mass is 424 g/mol. The largest absolute Gasteiger partial charge is 0.493 e. The number of alkyl halides is 3. The quantitative estimate of drug-likeness (QED) is 0.573. The zero-order valence-corrected chi connectivity index (χ0v) is 15.6. The molecule has 1 aromatic carbocycles. The highest BCUT2D eigenvalue weighted by atomic mass is 19.4. The summed E-state index contributed by atoms with van der Waals surface area (Å²) in [5, 5.41) is 21.1. The summed E-state index contributed by atoms with van der Waals surface area (Å²) in [6.07, 6.45) is -0.361. The molecule has 2 aromatic rings. The summed E-state index contributed by atoms with van der Waals surface area (Å²) in [6, 6.07) is 1.60. The third-order valence-corrected chi connectivity index (χ3v) is 4.25. The van der Waals surface area contributed by atoms with Crippen molar-refractivity contribution in [3.8, 4) is 22.8 Å². The molecule has 158 valence electrons. The van der Waals surface area contributed by atoms with Gasteiger partial charge in [0.2, 0.25) is 5.75 Å².